The minimum absolute atomic E-state index is 0.0409. The predicted octanol–water partition coefficient (Wildman–Crippen LogP) is 2.11. The molecular weight excluding hydrogens is 330 g/mol. The summed E-state index contributed by atoms with van der Waals surface area (Å²) in [6, 6.07) is 7.27. The Morgan fingerprint density at radius 1 is 1.25 bits per heavy atom. The number of carboxylic acid groups (broad SMARTS) is 1. The smallest absolute Gasteiger partial charge is 0.336 e. The fraction of sp³-hybridized carbons (Fsp3) is 0.250. The van der Waals surface area contributed by atoms with Crippen molar-refractivity contribution in [2.24, 2.45) is 0 Å². The molecule has 1 heterocycles. The van der Waals surface area contributed by atoms with Gasteiger partial charge in [0, 0.05) is 17.3 Å². The maximum Gasteiger partial charge on any atom is 0.336 e. The van der Waals surface area contributed by atoms with Gasteiger partial charge in [-0.1, -0.05) is 12.1 Å². The van der Waals surface area contributed by atoms with E-state index >= 15 is 0 Å². The third kappa shape index (κ3) is 4.09. The number of nitrogen functional groups attached to an aromatic ring is 1. The lowest BCUT2D eigenvalue weighted by Gasteiger charge is -2.20. The zero-order chi connectivity index (χ0) is 18.1. The van der Waals surface area contributed by atoms with Gasteiger partial charge in [0.05, 0.1) is 10.5 Å². The van der Waals surface area contributed by atoms with Crippen LogP contribution in [-0.4, -0.2) is 30.0 Å². The molecule has 0 amide bonds. The number of nitrogens with zero attached hydrogens (tertiary/aromatic N) is 1. The van der Waals surface area contributed by atoms with Crippen molar-refractivity contribution in [3.63, 3.8) is 0 Å². The highest BCUT2D eigenvalue weighted by atomic mass is 32.2. The van der Waals surface area contributed by atoms with Gasteiger partial charge in [0.25, 0.3) is 0 Å². The van der Waals surface area contributed by atoms with Crippen molar-refractivity contribution in [2.45, 2.75) is 31.2 Å². The fourth-order valence-electron chi connectivity index (χ4n) is 2.17. The van der Waals surface area contributed by atoms with Gasteiger partial charge in [-0.25, -0.2) is 22.9 Å². The average Bonchev–Trinajstić information content (AvgIpc) is 2.44. The molecule has 1 aromatic carbocycles. The Kier molecular flexibility index (Phi) is 4.63. The number of benzene rings is 1. The van der Waals surface area contributed by atoms with E-state index in [2.05, 4.69) is 9.71 Å². The van der Waals surface area contributed by atoms with Gasteiger partial charge in [0.1, 0.15) is 5.82 Å². The number of sulfonamides is 1. The van der Waals surface area contributed by atoms with Gasteiger partial charge in [-0.15, -0.1) is 0 Å². The van der Waals surface area contributed by atoms with Crippen LogP contribution in [0, 0.1) is 0 Å². The van der Waals surface area contributed by atoms with Crippen molar-refractivity contribution in [3.05, 3.63) is 42.1 Å². The summed E-state index contributed by atoms with van der Waals surface area (Å²) >= 11 is 0. The quantitative estimate of drug-likeness (QED) is 0.777. The van der Waals surface area contributed by atoms with E-state index < -0.39 is 21.5 Å². The number of pyridine rings is 1. The van der Waals surface area contributed by atoms with E-state index in [-0.39, 0.29) is 16.3 Å². The number of aromatic nitrogens is 1. The van der Waals surface area contributed by atoms with Crippen LogP contribution in [0.15, 0.2) is 41.4 Å². The van der Waals surface area contributed by atoms with Crippen LogP contribution >= 0.6 is 0 Å². The van der Waals surface area contributed by atoms with E-state index in [4.69, 9.17) is 5.73 Å². The molecule has 7 nitrogen and oxygen atoms in total. The number of aromatic carboxylic acids is 1. The largest absolute Gasteiger partial charge is 0.478 e. The highest BCUT2D eigenvalue weighted by Crippen LogP contribution is 2.27. The Morgan fingerprint density at radius 2 is 1.92 bits per heavy atom. The number of anilines is 1. The summed E-state index contributed by atoms with van der Waals surface area (Å²) < 4.78 is 27.4. The minimum atomic E-state index is -3.73. The molecule has 0 radical (unpaired) electrons. The van der Waals surface area contributed by atoms with E-state index in [9.17, 15) is 18.3 Å². The Bertz CT molecular complexity index is 886. The van der Waals surface area contributed by atoms with Gasteiger partial charge in [0.15, 0.2) is 0 Å². The molecule has 0 aliphatic carbocycles. The highest BCUT2D eigenvalue weighted by molar-refractivity contribution is 7.89. The SMILES string of the molecule is CC(C)(C)NS(=O)(=O)c1cccc(-c2cnc(N)cc2C(=O)O)c1. The van der Waals surface area contributed by atoms with Crippen LogP contribution in [0.1, 0.15) is 31.1 Å². The minimum Gasteiger partial charge on any atom is -0.478 e. The molecule has 24 heavy (non-hydrogen) atoms. The summed E-state index contributed by atoms with van der Waals surface area (Å²) in [4.78, 5) is 15.3. The molecule has 0 saturated heterocycles. The molecule has 2 rings (SSSR count). The number of nitrogens with one attached hydrogen (secondary N) is 1. The van der Waals surface area contributed by atoms with E-state index in [1.165, 1.54) is 24.4 Å². The molecule has 0 atom stereocenters. The highest BCUT2D eigenvalue weighted by Gasteiger charge is 2.23. The molecule has 2 aromatic rings. The maximum absolute atomic E-state index is 12.4. The van der Waals surface area contributed by atoms with Crippen LogP contribution < -0.4 is 10.5 Å². The summed E-state index contributed by atoms with van der Waals surface area (Å²) in [6.45, 7) is 5.21. The number of hydrogen-bond donors (Lipinski definition) is 3. The topological polar surface area (TPSA) is 122 Å². The van der Waals surface area contributed by atoms with Crippen LogP contribution in [0.25, 0.3) is 11.1 Å². The zero-order valence-corrected chi connectivity index (χ0v) is 14.4. The molecule has 0 aliphatic heterocycles. The molecule has 128 valence electrons. The number of nitrogens with two attached hydrogens (primary N) is 1. The van der Waals surface area contributed by atoms with E-state index in [0.717, 1.165) is 0 Å². The number of carboxylic acids is 1. The molecule has 8 heteroatoms. The Morgan fingerprint density at radius 3 is 2.50 bits per heavy atom. The first-order valence-corrected chi connectivity index (χ1v) is 8.61. The van der Waals surface area contributed by atoms with Crippen LogP contribution in [0.3, 0.4) is 0 Å². The van der Waals surface area contributed by atoms with E-state index in [1.54, 1.807) is 32.9 Å². The molecular formula is C16H19N3O4S. The van der Waals surface area contributed by atoms with E-state index in [1.807, 2.05) is 0 Å². The van der Waals surface area contributed by atoms with Crippen molar-refractivity contribution in [2.75, 3.05) is 5.73 Å². The Balaban J connectivity index is 2.55. The predicted molar refractivity (Wildman–Crippen MR) is 91.1 cm³/mol. The lowest BCUT2D eigenvalue weighted by atomic mass is 10.0. The first-order chi connectivity index (χ1) is 11.0. The monoisotopic (exact) mass is 349 g/mol. The van der Waals surface area contributed by atoms with Gasteiger partial charge in [-0.3, -0.25) is 0 Å². The zero-order valence-electron chi connectivity index (χ0n) is 13.6. The van der Waals surface area contributed by atoms with E-state index in [0.29, 0.717) is 11.1 Å². The van der Waals surface area contributed by atoms with Crippen LogP contribution in [0.5, 0.6) is 0 Å². The first kappa shape index (κ1) is 17.9. The number of hydrogen-bond acceptors (Lipinski definition) is 5. The summed E-state index contributed by atoms with van der Waals surface area (Å²) in [5, 5.41) is 9.32. The second kappa shape index (κ2) is 6.21. The second-order valence-electron chi connectivity index (χ2n) is 6.34. The first-order valence-electron chi connectivity index (χ1n) is 7.13. The summed E-state index contributed by atoms with van der Waals surface area (Å²) in [5.41, 5.74) is 5.58. The molecule has 4 N–H and O–H groups in total. The lowest BCUT2D eigenvalue weighted by molar-refractivity contribution is 0.0697. The van der Waals surface area contributed by atoms with Gasteiger partial charge >= 0.3 is 5.97 Å². The van der Waals surface area contributed by atoms with Gasteiger partial charge < -0.3 is 10.8 Å². The molecule has 0 fully saturated rings. The molecule has 0 aliphatic rings. The van der Waals surface area contributed by atoms with Crippen molar-refractivity contribution in [1.29, 1.82) is 0 Å². The molecule has 0 bridgehead atoms. The van der Waals surface area contributed by atoms with Crippen LogP contribution in [-0.2, 0) is 10.0 Å². The number of carbonyl (C=O) groups is 1. The second-order valence-corrected chi connectivity index (χ2v) is 8.03. The maximum atomic E-state index is 12.4. The Hall–Kier alpha value is -2.45. The molecule has 0 spiro atoms. The van der Waals surface area contributed by atoms with Crippen LogP contribution in [0.2, 0.25) is 0 Å². The van der Waals surface area contributed by atoms with Gasteiger partial charge in [0.2, 0.25) is 10.0 Å². The average molecular weight is 349 g/mol. The number of rotatable bonds is 4. The van der Waals surface area contributed by atoms with Crippen LogP contribution in [0.4, 0.5) is 5.82 Å². The third-order valence-electron chi connectivity index (χ3n) is 3.05. The summed E-state index contributed by atoms with van der Waals surface area (Å²) in [5.74, 6) is -1.09. The summed E-state index contributed by atoms with van der Waals surface area (Å²) in [6.07, 6.45) is 1.32. The molecule has 0 saturated carbocycles. The Labute approximate surface area is 140 Å². The van der Waals surface area contributed by atoms with Crippen molar-refractivity contribution < 1.29 is 18.3 Å². The molecule has 0 unspecified atom stereocenters. The van der Waals surface area contributed by atoms with Gasteiger partial charge in [-0.05, 0) is 44.5 Å². The summed E-state index contributed by atoms with van der Waals surface area (Å²) in [7, 11) is -3.73. The lowest BCUT2D eigenvalue weighted by Crippen LogP contribution is -2.40. The van der Waals surface area contributed by atoms with Crippen molar-refractivity contribution >= 4 is 21.8 Å². The van der Waals surface area contributed by atoms with Gasteiger partial charge in [-0.2, -0.15) is 0 Å². The fourth-order valence-corrected chi connectivity index (χ4v) is 3.64. The molecule has 1 aromatic heterocycles. The normalized spacial score (nSPS) is 12.1. The van der Waals surface area contributed by atoms with Crippen molar-refractivity contribution in [3.8, 4) is 11.1 Å². The third-order valence-corrected chi connectivity index (χ3v) is 4.81. The van der Waals surface area contributed by atoms with Crippen molar-refractivity contribution in [1.82, 2.24) is 9.71 Å². The standard InChI is InChI=1S/C16H19N3O4S/c1-16(2,3)19-24(22,23)11-6-4-5-10(7-11)13-9-18-14(17)8-12(13)15(20)21/h4-9,19H,1-3H3,(H2,17,18)(H,20,21).